The summed E-state index contributed by atoms with van der Waals surface area (Å²) in [6.45, 7) is 3.31. The maximum Gasteiger partial charge on any atom is 0.126 e. The molecule has 3 heteroatoms. The van der Waals surface area contributed by atoms with E-state index in [4.69, 9.17) is 5.11 Å². The Morgan fingerprint density at radius 2 is 2.29 bits per heavy atom. The van der Waals surface area contributed by atoms with Gasteiger partial charge in [0.15, 0.2) is 0 Å². The van der Waals surface area contributed by atoms with Crippen LogP contribution in [0.1, 0.15) is 13.8 Å². The van der Waals surface area contributed by atoms with Crippen LogP contribution < -0.4 is 0 Å². The number of rotatable bonds is 2. The zero-order valence-corrected chi connectivity index (χ0v) is 5.36. The third kappa shape index (κ3) is 2.76. The van der Waals surface area contributed by atoms with Crippen LogP contribution in [0.5, 0.6) is 0 Å². The molecular weight excluding hydrogens is 112 g/mol. The summed E-state index contributed by atoms with van der Waals surface area (Å²) in [7, 11) is -1.02. The van der Waals surface area contributed by atoms with Crippen LogP contribution in [0, 0.1) is 0 Å². The summed E-state index contributed by atoms with van der Waals surface area (Å²) in [5.41, 5.74) is -0.662. The van der Waals surface area contributed by atoms with Crippen LogP contribution in [-0.4, -0.2) is 20.5 Å². The fourth-order valence-electron chi connectivity index (χ4n) is 0.241. The van der Waals surface area contributed by atoms with Crippen LogP contribution in [0.4, 0.5) is 0 Å². The van der Waals surface area contributed by atoms with E-state index in [-0.39, 0.29) is 0 Å². The number of hydrogen-bond donors (Lipinski definition) is 1. The van der Waals surface area contributed by atoms with Gasteiger partial charge < -0.3 is 5.11 Å². The van der Waals surface area contributed by atoms with E-state index < -0.39 is 16.2 Å². The van der Waals surface area contributed by atoms with Gasteiger partial charge >= 0.3 is 0 Å². The molecule has 0 radical (unpaired) electrons. The van der Waals surface area contributed by atoms with E-state index in [1.165, 1.54) is 6.92 Å². The Kier molecular flexibility index (Phi) is 3.21. The topological polar surface area (TPSA) is 37.3 Å². The molecular formula is C4H10O2S. The van der Waals surface area contributed by atoms with Gasteiger partial charge in [0.05, 0.1) is 0 Å². The van der Waals surface area contributed by atoms with Crippen molar-refractivity contribution in [3.63, 3.8) is 0 Å². The van der Waals surface area contributed by atoms with Crippen LogP contribution in [-0.2, 0) is 10.8 Å². The van der Waals surface area contributed by atoms with E-state index in [9.17, 15) is 4.21 Å². The molecule has 0 bridgehead atoms. The normalized spacial score (nSPS) is 18.7. The number of aliphatic hydroxyl groups is 1. The minimum Gasteiger partial charge on any atom is -0.380 e. The van der Waals surface area contributed by atoms with Crippen molar-refractivity contribution in [1.82, 2.24) is 0 Å². The Labute approximate surface area is 46.0 Å². The van der Waals surface area contributed by atoms with Crippen LogP contribution in [0.25, 0.3) is 0 Å². The van der Waals surface area contributed by atoms with Gasteiger partial charge in [0.25, 0.3) is 0 Å². The minimum atomic E-state index is -1.02. The van der Waals surface area contributed by atoms with E-state index in [0.29, 0.717) is 5.75 Å². The van der Waals surface area contributed by atoms with E-state index >= 15 is 0 Å². The van der Waals surface area contributed by atoms with Gasteiger partial charge in [0.1, 0.15) is 5.44 Å². The molecule has 0 heterocycles. The third-order valence-electron chi connectivity index (χ3n) is 0.665. The molecule has 44 valence electrons. The Bertz CT molecular complexity index is 70.1. The van der Waals surface area contributed by atoms with Gasteiger partial charge in [-0.2, -0.15) is 0 Å². The van der Waals surface area contributed by atoms with Crippen molar-refractivity contribution in [2.75, 3.05) is 5.75 Å². The van der Waals surface area contributed by atoms with Gasteiger partial charge in [0, 0.05) is 16.6 Å². The molecule has 0 rings (SSSR count). The monoisotopic (exact) mass is 122 g/mol. The SMILES string of the molecule is CCS(=O)C(C)O. The highest BCUT2D eigenvalue weighted by Gasteiger charge is 2.00. The lowest BCUT2D eigenvalue weighted by atomic mass is 10.9. The molecule has 0 spiro atoms. The fraction of sp³-hybridized carbons (Fsp3) is 1.00. The molecule has 2 unspecified atom stereocenters. The summed E-state index contributed by atoms with van der Waals surface area (Å²) >= 11 is 0. The molecule has 0 saturated heterocycles. The second-order valence-electron chi connectivity index (χ2n) is 1.27. The van der Waals surface area contributed by atoms with Crippen molar-refractivity contribution < 1.29 is 9.32 Å². The van der Waals surface area contributed by atoms with E-state index in [0.717, 1.165) is 0 Å². The van der Waals surface area contributed by atoms with E-state index in [2.05, 4.69) is 0 Å². The van der Waals surface area contributed by atoms with Gasteiger partial charge in [-0.1, -0.05) is 6.92 Å². The third-order valence-corrected chi connectivity index (χ3v) is 1.99. The highest BCUT2D eigenvalue weighted by molar-refractivity contribution is 7.85. The van der Waals surface area contributed by atoms with Crippen LogP contribution in [0.2, 0.25) is 0 Å². The number of hydrogen-bond acceptors (Lipinski definition) is 2. The van der Waals surface area contributed by atoms with Crippen molar-refractivity contribution in [2.45, 2.75) is 19.3 Å². The Hall–Kier alpha value is 0.110. The predicted molar refractivity (Wildman–Crippen MR) is 30.4 cm³/mol. The quantitative estimate of drug-likeness (QED) is 0.563. The first kappa shape index (κ1) is 7.11. The van der Waals surface area contributed by atoms with Gasteiger partial charge in [-0.3, -0.25) is 4.21 Å². The van der Waals surface area contributed by atoms with Crippen molar-refractivity contribution in [1.29, 1.82) is 0 Å². The summed E-state index contributed by atoms with van der Waals surface area (Å²) in [4.78, 5) is 0. The Morgan fingerprint density at radius 3 is 2.29 bits per heavy atom. The molecule has 1 N–H and O–H groups in total. The average molecular weight is 122 g/mol. The second-order valence-corrected chi connectivity index (χ2v) is 3.29. The zero-order valence-electron chi connectivity index (χ0n) is 4.55. The maximum atomic E-state index is 10.4. The summed E-state index contributed by atoms with van der Waals surface area (Å²) in [5, 5.41) is 8.52. The fourth-order valence-corrected chi connectivity index (χ4v) is 0.724. The van der Waals surface area contributed by atoms with Gasteiger partial charge in [-0.25, -0.2) is 0 Å². The molecule has 0 aliphatic rings. The molecule has 7 heavy (non-hydrogen) atoms. The minimum absolute atomic E-state index is 0.539. The highest BCUT2D eigenvalue weighted by atomic mass is 32.2. The first-order valence-corrected chi connectivity index (χ1v) is 3.62. The smallest absolute Gasteiger partial charge is 0.126 e. The van der Waals surface area contributed by atoms with Gasteiger partial charge in [-0.05, 0) is 6.92 Å². The van der Waals surface area contributed by atoms with Crippen molar-refractivity contribution >= 4 is 10.8 Å². The standard InChI is InChI=1S/C4H10O2S/c1-3-7(6)4(2)5/h4-5H,3H2,1-2H3. The van der Waals surface area contributed by atoms with Crippen molar-refractivity contribution in [2.24, 2.45) is 0 Å². The van der Waals surface area contributed by atoms with Crippen LogP contribution in [0.3, 0.4) is 0 Å². The lowest BCUT2D eigenvalue weighted by Gasteiger charge is -1.97. The lowest BCUT2D eigenvalue weighted by Crippen LogP contribution is -2.10. The van der Waals surface area contributed by atoms with Crippen LogP contribution in [0.15, 0.2) is 0 Å². The summed E-state index contributed by atoms with van der Waals surface area (Å²) < 4.78 is 10.4. The largest absolute Gasteiger partial charge is 0.380 e. The van der Waals surface area contributed by atoms with Crippen molar-refractivity contribution in [3.05, 3.63) is 0 Å². The zero-order chi connectivity index (χ0) is 5.86. The maximum absolute atomic E-state index is 10.4. The molecule has 0 aliphatic carbocycles. The Morgan fingerprint density at radius 1 is 1.86 bits per heavy atom. The van der Waals surface area contributed by atoms with Crippen molar-refractivity contribution in [3.8, 4) is 0 Å². The second kappa shape index (κ2) is 3.16. The Balaban J connectivity index is 3.35. The molecule has 0 amide bonds. The molecule has 0 fully saturated rings. The van der Waals surface area contributed by atoms with E-state index in [1.807, 2.05) is 0 Å². The molecule has 2 atom stereocenters. The molecule has 2 nitrogen and oxygen atoms in total. The van der Waals surface area contributed by atoms with Crippen LogP contribution >= 0.6 is 0 Å². The molecule has 0 aliphatic heterocycles. The highest BCUT2D eigenvalue weighted by Crippen LogP contribution is 1.87. The van der Waals surface area contributed by atoms with Gasteiger partial charge in [0.2, 0.25) is 0 Å². The first-order valence-electron chi connectivity index (χ1n) is 2.23. The first-order chi connectivity index (χ1) is 3.18. The average Bonchev–Trinajstić information content (AvgIpc) is 1.65. The summed E-state index contributed by atoms with van der Waals surface area (Å²) in [5.74, 6) is 0.539. The van der Waals surface area contributed by atoms with Gasteiger partial charge in [-0.15, -0.1) is 0 Å². The summed E-state index contributed by atoms with van der Waals surface area (Å²) in [6, 6.07) is 0. The molecule has 0 aromatic heterocycles. The van der Waals surface area contributed by atoms with E-state index in [1.54, 1.807) is 6.92 Å². The molecule has 0 aromatic carbocycles. The molecule has 0 aromatic rings. The summed E-state index contributed by atoms with van der Waals surface area (Å²) in [6.07, 6.45) is 0. The number of aliphatic hydroxyl groups excluding tert-OH is 1. The lowest BCUT2D eigenvalue weighted by molar-refractivity contribution is 0.277. The molecule has 0 saturated carbocycles. The predicted octanol–water partition coefficient (Wildman–Crippen LogP) is 0.0933.